The number of amidine groups is 1. The number of nitrogens with two attached hydrogens (primary N) is 1. The summed E-state index contributed by atoms with van der Waals surface area (Å²) in [6.45, 7) is 3.50. The van der Waals surface area contributed by atoms with Gasteiger partial charge in [-0.2, -0.15) is 13.1 Å². The van der Waals surface area contributed by atoms with Gasteiger partial charge < -0.3 is 10.9 Å². The van der Waals surface area contributed by atoms with E-state index in [1.807, 2.05) is 0 Å². The lowest BCUT2D eigenvalue weighted by atomic mass is 9.93. The predicted octanol–water partition coefficient (Wildman–Crippen LogP) is -0.655. The molecule has 90 valence electrons. The Bertz CT molecular complexity index is 321. The fourth-order valence-electron chi connectivity index (χ4n) is 1.21. The standard InChI is InChI=1S/C7H18N4O3S/c1-4-7(5-2,6(8)10-12)11-15(13,14)9-3/h9,11-12H,4-5H2,1-3H3,(H2,8,10). The van der Waals surface area contributed by atoms with Crippen LogP contribution >= 0.6 is 0 Å². The van der Waals surface area contributed by atoms with Crippen LogP contribution in [0, 0.1) is 0 Å². The van der Waals surface area contributed by atoms with Crippen molar-refractivity contribution in [3.8, 4) is 0 Å². The van der Waals surface area contributed by atoms with Crippen LogP contribution in [0.15, 0.2) is 5.16 Å². The Morgan fingerprint density at radius 1 is 1.47 bits per heavy atom. The fourth-order valence-corrected chi connectivity index (χ4v) is 2.22. The fraction of sp³-hybridized carbons (Fsp3) is 0.857. The highest BCUT2D eigenvalue weighted by Crippen LogP contribution is 2.16. The summed E-state index contributed by atoms with van der Waals surface area (Å²) in [5.41, 5.74) is 4.44. The molecule has 0 aromatic heterocycles. The van der Waals surface area contributed by atoms with E-state index in [-0.39, 0.29) is 5.84 Å². The maximum Gasteiger partial charge on any atom is 0.277 e. The zero-order chi connectivity index (χ0) is 12.1. The van der Waals surface area contributed by atoms with Crippen molar-refractivity contribution in [1.29, 1.82) is 0 Å². The van der Waals surface area contributed by atoms with Crippen LogP contribution in [0.4, 0.5) is 0 Å². The topological polar surface area (TPSA) is 117 Å². The van der Waals surface area contributed by atoms with Gasteiger partial charge in [0.1, 0.15) is 0 Å². The molecule has 0 aromatic rings. The summed E-state index contributed by atoms with van der Waals surface area (Å²) in [4.78, 5) is 0. The largest absolute Gasteiger partial charge is 0.409 e. The molecule has 5 N–H and O–H groups in total. The Morgan fingerprint density at radius 3 is 2.20 bits per heavy atom. The normalized spacial score (nSPS) is 14.2. The van der Waals surface area contributed by atoms with Crippen molar-refractivity contribution >= 4 is 16.0 Å². The SMILES string of the molecule is CCC(CC)(NS(=O)(=O)NC)C(N)=NO. The average molecular weight is 238 g/mol. The van der Waals surface area contributed by atoms with Gasteiger partial charge in [0.15, 0.2) is 5.84 Å². The highest BCUT2D eigenvalue weighted by molar-refractivity contribution is 7.87. The molecule has 0 spiro atoms. The van der Waals surface area contributed by atoms with Gasteiger partial charge in [0, 0.05) is 7.05 Å². The van der Waals surface area contributed by atoms with E-state index in [1.54, 1.807) is 13.8 Å². The molecule has 0 rings (SSSR count). The summed E-state index contributed by atoms with van der Waals surface area (Å²) >= 11 is 0. The Balaban J connectivity index is 5.14. The molecule has 7 nitrogen and oxygen atoms in total. The van der Waals surface area contributed by atoms with Crippen molar-refractivity contribution < 1.29 is 13.6 Å². The van der Waals surface area contributed by atoms with E-state index in [0.717, 1.165) is 0 Å². The van der Waals surface area contributed by atoms with Gasteiger partial charge in [-0.3, -0.25) is 0 Å². The predicted molar refractivity (Wildman–Crippen MR) is 57.8 cm³/mol. The van der Waals surface area contributed by atoms with E-state index < -0.39 is 15.7 Å². The van der Waals surface area contributed by atoms with E-state index in [0.29, 0.717) is 12.8 Å². The third kappa shape index (κ3) is 3.33. The van der Waals surface area contributed by atoms with Gasteiger partial charge in [-0.25, -0.2) is 4.72 Å². The molecule has 0 amide bonds. The van der Waals surface area contributed by atoms with Gasteiger partial charge in [0.05, 0.1) is 5.54 Å². The van der Waals surface area contributed by atoms with Crippen molar-refractivity contribution in [2.75, 3.05) is 7.05 Å². The van der Waals surface area contributed by atoms with Crippen LogP contribution in [0.2, 0.25) is 0 Å². The molecule has 0 saturated carbocycles. The van der Waals surface area contributed by atoms with Gasteiger partial charge in [0.25, 0.3) is 10.2 Å². The number of hydrogen-bond donors (Lipinski definition) is 4. The van der Waals surface area contributed by atoms with Gasteiger partial charge in [-0.15, -0.1) is 0 Å². The molecular weight excluding hydrogens is 220 g/mol. The Kier molecular flexibility index (Phi) is 4.98. The molecule has 15 heavy (non-hydrogen) atoms. The summed E-state index contributed by atoms with van der Waals surface area (Å²) < 4.78 is 27.1. The van der Waals surface area contributed by atoms with Gasteiger partial charge in [0.2, 0.25) is 0 Å². The van der Waals surface area contributed by atoms with Crippen LogP contribution < -0.4 is 15.2 Å². The van der Waals surface area contributed by atoms with Gasteiger partial charge in [-0.05, 0) is 12.8 Å². The Hall–Kier alpha value is -0.860. The zero-order valence-electron chi connectivity index (χ0n) is 9.11. The quantitative estimate of drug-likeness (QED) is 0.213. The zero-order valence-corrected chi connectivity index (χ0v) is 9.93. The molecule has 0 radical (unpaired) electrons. The maximum absolute atomic E-state index is 11.3. The van der Waals surface area contributed by atoms with Crippen LogP contribution in [0.3, 0.4) is 0 Å². The van der Waals surface area contributed by atoms with E-state index in [9.17, 15) is 8.42 Å². The van der Waals surface area contributed by atoms with Crippen LogP contribution in [-0.2, 0) is 10.2 Å². The second kappa shape index (κ2) is 5.29. The lowest BCUT2D eigenvalue weighted by Crippen LogP contribution is -2.58. The Labute approximate surface area is 89.9 Å². The van der Waals surface area contributed by atoms with E-state index >= 15 is 0 Å². The van der Waals surface area contributed by atoms with Crippen molar-refractivity contribution in [3.05, 3.63) is 0 Å². The van der Waals surface area contributed by atoms with Crippen molar-refractivity contribution in [2.24, 2.45) is 10.9 Å². The molecule has 0 aliphatic carbocycles. The lowest BCUT2D eigenvalue weighted by Gasteiger charge is -2.30. The van der Waals surface area contributed by atoms with E-state index in [4.69, 9.17) is 10.9 Å². The summed E-state index contributed by atoms with van der Waals surface area (Å²) in [6.07, 6.45) is 0.778. The number of nitrogens with one attached hydrogen (secondary N) is 2. The van der Waals surface area contributed by atoms with E-state index in [2.05, 4.69) is 14.6 Å². The lowest BCUT2D eigenvalue weighted by molar-refractivity contribution is 0.307. The van der Waals surface area contributed by atoms with Crippen LogP contribution in [0.5, 0.6) is 0 Å². The van der Waals surface area contributed by atoms with Crippen molar-refractivity contribution in [3.63, 3.8) is 0 Å². The first-order chi connectivity index (χ1) is 6.87. The molecule has 0 heterocycles. The first kappa shape index (κ1) is 14.1. The molecule has 0 saturated heterocycles. The van der Waals surface area contributed by atoms with Crippen molar-refractivity contribution in [1.82, 2.24) is 9.44 Å². The number of nitrogens with zero attached hydrogens (tertiary/aromatic N) is 1. The highest BCUT2D eigenvalue weighted by atomic mass is 32.2. The summed E-state index contributed by atoms with van der Waals surface area (Å²) in [5.74, 6) is -0.147. The minimum absolute atomic E-state index is 0.147. The molecule has 8 heteroatoms. The van der Waals surface area contributed by atoms with Crippen LogP contribution in [0.25, 0.3) is 0 Å². The van der Waals surface area contributed by atoms with E-state index in [1.165, 1.54) is 7.05 Å². The van der Waals surface area contributed by atoms with Gasteiger partial charge in [-0.1, -0.05) is 19.0 Å². The average Bonchev–Trinajstić information content (AvgIpc) is 2.25. The number of rotatable bonds is 6. The molecule has 0 fully saturated rings. The van der Waals surface area contributed by atoms with Crippen LogP contribution in [-0.4, -0.2) is 32.0 Å². The summed E-state index contributed by atoms with van der Waals surface area (Å²) in [6, 6.07) is 0. The maximum atomic E-state index is 11.3. The Morgan fingerprint density at radius 2 is 1.93 bits per heavy atom. The first-order valence-electron chi connectivity index (χ1n) is 4.58. The minimum atomic E-state index is -3.63. The summed E-state index contributed by atoms with van der Waals surface area (Å²) in [7, 11) is -2.35. The molecule has 0 aliphatic rings. The second-order valence-electron chi connectivity index (χ2n) is 3.08. The molecule has 0 bridgehead atoms. The number of oxime groups is 1. The van der Waals surface area contributed by atoms with Gasteiger partial charge >= 0.3 is 0 Å². The monoisotopic (exact) mass is 238 g/mol. The third-order valence-corrected chi connectivity index (χ3v) is 3.60. The highest BCUT2D eigenvalue weighted by Gasteiger charge is 2.35. The summed E-state index contributed by atoms with van der Waals surface area (Å²) in [5, 5.41) is 11.5. The minimum Gasteiger partial charge on any atom is -0.409 e. The molecule has 0 aromatic carbocycles. The number of hydrogen-bond acceptors (Lipinski definition) is 4. The molecular formula is C7H18N4O3S. The third-order valence-electron chi connectivity index (χ3n) is 2.40. The molecule has 0 aliphatic heterocycles. The smallest absolute Gasteiger partial charge is 0.277 e. The molecule has 0 unspecified atom stereocenters. The van der Waals surface area contributed by atoms with Crippen molar-refractivity contribution in [2.45, 2.75) is 32.2 Å². The van der Waals surface area contributed by atoms with Crippen LogP contribution in [0.1, 0.15) is 26.7 Å². The first-order valence-corrected chi connectivity index (χ1v) is 6.06. The second-order valence-corrected chi connectivity index (χ2v) is 4.70. The molecule has 0 atom stereocenters.